The Balaban J connectivity index is 4.11. The van der Waals surface area contributed by atoms with Gasteiger partial charge < -0.3 is 0 Å². The summed E-state index contributed by atoms with van der Waals surface area (Å²) in [6.45, 7) is 0.806. The van der Waals surface area contributed by atoms with Crippen molar-refractivity contribution < 1.29 is 12.8 Å². The minimum atomic E-state index is -3.50. The quantitative estimate of drug-likeness (QED) is 0.404. The third-order valence-electron chi connectivity index (χ3n) is 0.968. The van der Waals surface area contributed by atoms with Crippen molar-refractivity contribution in [3.63, 3.8) is 0 Å². The first kappa shape index (κ1) is 11.6. The van der Waals surface area contributed by atoms with E-state index in [0.717, 1.165) is 0 Å². The Morgan fingerprint density at radius 1 is 1.67 bits per heavy atom. The van der Waals surface area contributed by atoms with E-state index in [1.54, 1.807) is 6.92 Å². The SMILES string of the molecule is CC(/C=N\CF)=C/CS(=O)(=O)Cl. The van der Waals surface area contributed by atoms with E-state index in [4.69, 9.17) is 10.7 Å². The monoisotopic (exact) mass is 213 g/mol. The van der Waals surface area contributed by atoms with Crippen LogP contribution in [0.5, 0.6) is 0 Å². The van der Waals surface area contributed by atoms with Crippen LogP contribution in [0.15, 0.2) is 16.6 Å². The Morgan fingerprint density at radius 3 is 2.67 bits per heavy atom. The molecule has 0 spiro atoms. The largest absolute Gasteiger partial charge is 0.260 e. The molecular weight excluding hydrogens is 205 g/mol. The lowest BCUT2D eigenvalue weighted by atomic mass is 10.3. The summed E-state index contributed by atoms with van der Waals surface area (Å²) in [6, 6.07) is 0. The molecule has 0 amide bonds. The van der Waals surface area contributed by atoms with Crippen LogP contribution in [0.3, 0.4) is 0 Å². The van der Waals surface area contributed by atoms with Gasteiger partial charge in [0.2, 0.25) is 9.05 Å². The zero-order chi connectivity index (χ0) is 9.61. The molecule has 0 aliphatic heterocycles. The third kappa shape index (κ3) is 7.68. The molecule has 0 radical (unpaired) electrons. The minimum absolute atomic E-state index is 0.265. The predicted octanol–water partition coefficient (Wildman–Crippen LogP) is 1.50. The summed E-state index contributed by atoms with van der Waals surface area (Å²) >= 11 is 0. The number of aliphatic imine (C=N–C) groups is 1. The van der Waals surface area contributed by atoms with E-state index in [1.807, 2.05) is 0 Å². The number of nitrogens with zero attached hydrogens (tertiary/aromatic N) is 1. The van der Waals surface area contributed by atoms with E-state index < -0.39 is 15.8 Å². The Bertz CT molecular complexity index is 284. The second kappa shape index (κ2) is 5.27. The van der Waals surface area contributed by atoms with Gasteiger partial charge in [0.1, 0.15) is 0 Å². The van der Waals surface area contributed by atoms with Gasteiger partial charge in [0.15, 0.2) is 6.80 Å². The fourth-order valence-electron chi connectivity index (χ4n) is 0.462. The summed E-state index contributed by atoms with van der Waals surface area (Å²) in [5, 5.41) is 0. The van der Waals surface area contributed by atoms with Crippen LogP contribution in [-0.2, 0) is 9.05 Å². The van der Waals surface area contributed by atoms with Crippen LogP contribution < -0.4 is 0 Å². The van der Waals surface area contributed by atoms with Gasteiger partial charge in [-0.05, 0) is 12.5 Å². The molecule has 0 aromatic carbocycles. The minimum Gasteiger partial charge on any atom is -0.260 e. The van der Waals surface area contributed by atoms with Gasteiger partial charge in [-0.2, -0.15) is 0 Å². The molecule has 0 saturated carbocycles. The van der Waals surface area contributed by atoms with Gasteiger partial charge in [-0.15, -0.1) is 0 Å². The van der Waals surface area contributed by atoms with Crippen molar-refractivity contribution >= 4 is 25.9 Å². The number of hydrogen-bond acceptors (Lipinski definition) is 3. The maximum absolute atomic E-state index is 11.5. The van der Waals surface area contributed by atoms with E-state index in [1.165, 1.54) is 12.3 Å². The van der Waals surface area contributed by atoms with Crippen molar-refractivity contribution in [2.45, 2.75) is 6.92 Å². The summed E-state index contributed by atoms with van der Waals surface area (Å²) in [5.74, 6) is -0.265. The number of allylic oxidation sites excluding steroid dienone is 1. The van der Waals surface area contributed by atoms with Gasteiger partial charge in [-0.1, -0.05) is 6.08 Å². The van der Waals surface area contributed by atoms with E-state index >= 15 is 0 Å². The van der Waals surface area contributed by atoms with Gasteiger partial charge >= 0.3 is 0 Å². The van der Waals surface area contributed by atoms with E-state index in [9.17, 15) is 12.8 Å². The first-order valence-electron chi connectivity index (χ1n) is 3.10. The molecule has 12 heavy (non-hydrogen) atoms. The molecule has 0 aliphatic carbocycles. The molecule has 0 aromatic heterocycles. The van der Waals surface area contributed by atoms with Crippen molar-refractivity contribution in [2.75, 3.05) is 12.6 Å². The topological polar surface area (TPSA) is 46.5 Å². The van der Waals surface area contributed by atoms with E-state index in [-0.39, 0.29) is 5.75 Å². The molecule has 0 heterocycles. The first-order valence-corrected chi connectivity index (χ1v) is 5.58. The highest BCUT2D eigenvalue weighted by atomic mass is 35.7. The molecule has 0 aliphatic rings. The average Bonchev–Trinajstić information content (AvgIpc) is 1.95. The molecule has 0 bridgehead atoms. The second-order valence-electron chi connectivity index (χ2n) is 2.08. The van der Waals surface area contributed by atoms with E-state index in [0.29, 0.717) is 5.57 Å². The molecule has 0 saturated heterocycles. The summed E-state index contributed by atoms with van der Waals surface area (Å²) in [6.07, 6.45) is 2.61. The molecule has 0 N–H and O–H groups in total. The average molecular weight is 214 g/mol. The molecule has 70 valence electrons. The maximum Gasteiger partial charge on any atom is 0.236 e. The third-order valence-corrected chi connectivity index (χ3v) is 1.91. The molecule has 0 rings (SSSR count). The fraction of sp³-hybridized carbons (Fsp3) is 0.500. The zero-order valence-electron chi connectivity index (χ0n) is 6.50. The lowest BCUT2D eigenvalue weighted by molar-refractivity contribution is 0.514. The molecule has 0 aromatic rings. The predicted molar refractivity (Wildman–Crippen MR) is 47.9 cm³/mol. The highest BCUT2D eigenvalue weighted by Crippen LogP contribution is 1.98. The smallest absolute Gasteiger partial charge is 0.236 e. The summed E-state index contributed by atoms with van der Waals surface area (Å²) in [5.41, 5.74) is 0.567. The summed E-state index contributed by atoms with van der Waals surface area (Å²) < 4.78 is 32.3. The van der Waals surface area contributed by atoms with Crippen LogP contribution in [0, 0.1) is 0 Å². The van der Waals surface area contributed by atoms with Gasteiger partial charge in [-0.25, -0.2) is 12.8 Å². The van der Waals surface area contributed by atoms with Crippen molar-refractivity contribution in [1.29, 1.82) is 0 Å². The van der Waals surface area contributed by atoms with Crippen LogP contribution in [0.25, 0.3) is 0 Å². The fourth-order valence-corrected chi connectivity index (χ4v) is 1.11. The number of halogens is 2. The number of hydrogen-bond donors (Lipinski definition) is 0. The summed E-state index contributed by atoms with van der Waals surface area (Å²) in [4.78, 5) is 3.27. The van der Waals surface area contributed by atoms with Crippen molar-refractivity contribution in [2.24, 2.45) is 4.99 Å². The standard InChI is InChI=1S/C6H9ClFNO2S/c1-6(4-9-5-8)2-3-12(7,10)11/h2,4H,3,5H2,1H3/b6-2-,9-4-. The zero-order valence-corrected chi connectivity index (χ0v) is 8.07. The molecule has 0 unspecified atom stereocenters. The van der Waals surface area contributed by atoms with Gasteiger partial charge in [0, 0.05) is 16.9 Å². The van der Waals surface area contributed by atoms with Crippen LogP contribution in [0.1, 0.15) is 6.92 Å². The molecule has 0 fully saturated rings. The Hall–Kier alpha value is -0.420. The maximum atomic E-state index is 11.5. The van der Waals surface area contributed by atoms with Crippen molar-refractivity contribution in [3.05, 3.63) is 11.6 Å². The number of rotatable bonds is 4. The number of alkyl halides is 1. The molecular formula is C6H9ClFNO2S. The van der Waals surface area contributed by atoms with Crippen LogP contribution >= 0.6 is 10.7 Å². The van der Waals surface area contributed by atoms with Crippen LogP contribution in [0.4, 0.5) is 4.39 Å². The second-order valence-corrected chi connectivity index (χ2v) is 4.91. The summed E-state index contributed by atoms with van der Waals surface area (Å²) in [7, 11) is 1.42. The van der Waals surface area contributed by atoms with Gasteiger partial charge in [0.25, 0.3) is 0 Å². The van der Waals surface area contributed by atoms with Gasteiger partial charge in [-0.3, -0.25) is 4.99 Å². The lowest BCUT2D eigenvalue weighted by Crippen LogP contribution is -1.94. The Labute approximate surface area is 75.4 Å². The van der Waals surface area contributed by atoms with Crippen molar-refractivity contribution in [1.82, 2.24) is 0 Å². The lowest BCUT2D eigenvalue weighted by Gasteiger charge is -1.89. The normalized spacial score (nSPS) is 14.1. The van der Waals surface area contributed by atoms with Gasteiger partial charge in [0.05, 0.1) is 5.75 Å². The first-order chi connectivity index (χ1) is 5.45. The highest BCUT2D eigenvalue weighted by Gasteiger charge is 2.00. The highest BCUT2D eigenvalue weighted by molar-refractivity contribution is 8.13. The van der Waals surface area contributed by atoms with Crippen molar-refractivity contribution in [3.8, 4) is 0 Å². The Morgan fingerprint density at radius 2 is 2.25 bits per heavy atom. The molecule has 3 nitrogen and oxygen atoms in total. The van der Waals surface area contributed by atoms with E-state index in [2.05, 4.69) is 4.99 Å². The van der Waals surface area contributed by atoms with Crippen LogP contribution in [0.2, 0.25) is 0 Å². The molecule has 0 atom stereocenters. The molecule has 6 heteroatoms. The Kier molecular flexibility index (Phi) is 5.08. The van der Waals surface area contributed by atoms with Crippen LogP contribution in [-0.4, -0.2) is 27.2 Å².